The van der Waals surface area contributed by atoms with E-state index >= 15 is 0 Å². The van der Waals surface area contributed by atoms with Crippen LogP contribution in [0.15, 0.2) is 53.3 Å². The minimum atomic E-state index is -0.262. The van der Waals surface area contributed by atoms with E-state index in [9.17, 15) is 14.9 Å². The predicted octanol–water partition coefficient (Wildman–Crippen LogP) is 3.56. The molecule has 1 aliphatic rings. The number of para-hydroxylation sites is 1. The van der Waals surface area contributed by atoms with Crippen LogP contribution in [0.5, 0.6) is 0 Å². The third kappa shape index (κ3) is 3.07. The number of aromatic nitrogens is 3. The van der Waals surface area contributed by atoms with E-state index in [4.69, 9.17) is 0 Å². The summed E-state index contributed by atoms with van der Waals surface area (Å²) in [6.45, 7) is 3.00. The maximum Gasteiger partial charge on any atom is 0.296 e. The van der Waals surface area contributed by atoms with Crippen molar-refractivity contribution in [2.75, 3.05) is 13.1 Å². The van der Waals surface area contributed by atoms with Gasteiger partial charge in [-0.25, -0.2) is 0 Å². The van der Waals surface area contributed by atoms with Gasteiger partial charge in [-0.3, -0.25) is 9.59 Å². The molecule has 0 radical (unpaired) electrons. The molecule has 160 valence electrons. The monoisotopic (exact) mass is 425 g/mol. The molecule has 32 heavy (non-hydrogen) atoms. The Morgan fingerprint density at radius 2 is 1.78 bits per heavy atom. The Morgan fingerprint density at radius 1 is 1.09 bits per heavy atom. The van der Waals surface area contributed by atoms with Gasteiger partial charge in [-0.05, 0) is 38.0 Å². The highest BCUT2D eigenvalue weighted by Gasteiger charge is 2.29. The van der Waals surface area contributed by atoms with Crippen LogP contribution >= 0.6 is 0 Å². The van der Waals surface area contributed by atoms with E-state index in [1.54, 1.807) is 4.90 Å². The molecule has 0 N–H and O–H groups in total. The fourth-order valence-corrected chi connectivity index (χ4v) is 4.55. The summed E-state index contributed by atoms with van der Waals surface area (Å²) >= 11 is 0. The SMILES string of the molecule is Cc1ccc(-n2nc(C(=O)N3CCC(C#N)CC3)c3c4ccccc4n(C)c3c2=O)cc1. The van der Waals surface area contributed by atoms with Crippen molar-refractivity contribution in [3.05, 3.63) is 70.1 Å². The summed E-state index contributed by atoms with van der Waals surface area (Å²) in [4.78, 5) is 29.0. The molecule has 4 aromatic rings. The van der Waals surface area contributed by atoms with Gasteiger partial charge in [0.2, 0.25) is 0 Å². The molecule has 3 heterocycles. The lowest BCUT2D eigenvalue weighted by molar-refractivity contribution is 0.0701. The molecule has 2 aromatic heterocycles. The zero-order chi connectivity index (χ0) is 22.4. The molecule has 0 saturated carbocycles. The average Bonchev–Trinajstić information content (AvgIpc) is 3.13. The molecule has 0 spiro atoms. The van der Waals surface area contributed by atoms with Gasteiger partial charge in [0, 0.05) is 42.3 Å². The summed E-state index contributed by atoms with van der Waals surface area (Å²) in [5, 5.41) is 15.2. The molecule has 7 heteroatoms. The Kier molecular flexibility index (Phi) is 4.78. The Labute approximate surface area is 185 Å². The van der Waals surface area contributed by atoms with Crippen molar-refractivity contribution in [1.29, 1.82) is 5.26 Å². The smallest absolute Gasteiger partial charge is 0.296 e. The Balaban J connectivity index is 1.77. The van der Waals surface area contributed by atoms with Crippen LogP contribution in [0.1, 0.15) is 28.9 Å². The highest BCUT2D eigenvalue weighted by Crippen LogP contribution is 2.30. The van der Waals surface area contributed by atoms with Gasteiger partial charge in [0.15, 0.2) is 5.69 Å². The topological polar surface area (TPSA) is 83.9 Å². The molecular weight excluding hydrogens is 402 g/mol. The van der Waals surface area contributed by atoms with Crippen molar-refractivity contribution in [2.45, 2.75) is 19.8 Å². The summed E-state index contributed by atoms with van der Waals surface area (Å²) in [6, 6.07) is 17.5. The minimum absolute atomic E-state index is 0.0221. The first-order valence-electron chi connectivity index (χ1n) is 10.8. The number of piperidine rings is 1. The molecule has 1 amide bonds. The van der Waals surface area contributed by atoms with E-state index in [1.165, 1.54) is 4.68 Å². The first-order valence-corrected chi connectivity index (χ1v) is 10.8. The maximum absolute atomic E-state index is 13.7. The van der Waals surface area contributed by atoms with Gasteiger partial charge in [0.05, 0.1) is 11.8 Å². The van der Waals surface area contributed by atoms with Crippen LogP contribution in [0, 0.1) is 24.2 Å². The second-order valence-corrected chi connectivity index (χ2v) is 8.40. The summed E-state index contributed by atoms with van der Waals surface area (Å²) in [5.74, 6) is -0.227. The lowest BCUT2D eigenvalue weighted by Gasteiger charge is -2.29. The van der Waals surface area contributed by atoms with E-state index in [0.29, 0.717) is 42.5 Å². The normalized spacial score (nSPS) is 14.7. The first kappa shape index (κ1) is 20.0. The molecule has 1 fully saturated rings. The van der Waals surface area contributed by atoms with E-state index in [1.807, 2.05) is 67.1 Å². The molecule has 2 aromatic carbocycles. The zero-order valence-corrected chi connectivity index (χ0v) is 18.1. The van der Waals surface area contributed by atoms with Gasteiger partial charge >= 0.3 is 0 Å². The van der Waals surface area contributed by atoms with E-state index in [-0.39, 0.29) is 23.1 Å². The molecule has 0 bridgehead atoms. The van der Waals surface area contributed by atoms with Crippen LogP contribution in [0.25, 0.3) is 27.5 Å². The second-order valence-electron chi connectivity index (χ2n) is 8.40. The molecular formula is C25H23N5O2. The number of aryl methyl sites for hydroxylation is 2. The number of benzene rings is 2. The summed E-state index contributed by atoms with van der Waals surface area (Å²) in [7, 11) is 1.85. The Bertz CT molecular complexity index is 1450. The van der Waals surface area contributed by atoms with Crippen LogP contribution in [0.3, 0.4) is 0 Å². The number of nitriles is 1. The fourth-order valence-electron chi connectivity index (χ4n) is 4.55. The number of carbonyl (C=O) groups is 1. The van der Waals surface area contributed by atoms with Gasteiger partial charge < -0.3 is 9.47 Å². The third-order valence-corrected chi connectivity index (χ3v) is 6.38. The molecule has 7 nitrogen and oxygen atoms in total. The average molecular weight is 425 g/mol. The minimum Gasteiger partial charge on any atom is -0.339 e. The van der Waals surface area contributed by atoms with Crippen LogP contribution in [0.2, 0.25) is 0 Å². The molecule has 0 aliphatic carbocycles. The van der Waals surface area contributed by atoms with Crippen LogP contribution in [0.4, 0.5) is 0 Å². The van der Waals surface area contributed by atoms with Crippen molar-refractivity contribution in [2.24, 2.45) is 13.0 Å². The highest BCUT2D eigenvalue weighted by molar-refractivity contribution is 6.16. The van der Waals surface area contributed by atoms with Gasteiger partial charge in [0.1, 0.15) is 5.52 Å². The number of nitrogens with zero attached hydrogens (tertiary/aromatic N) is 5. The number of rotatable bonds is 2. The molecule has 0 unspecified atom stereocenters. The summed E-state index contributed by atoms with van der Waals surface area (Å²) in [6.07, 6.45) is 1.30. The van der Waals surface area contributed by atoms with Crippen molar-refractivity contribution in [3.63, 3.8) is 0 Å². The predicted molar refractivity (Wildman–Crippen MR) is 123 cm³/mol. The van der Waals surface area contributed by atoms with Gasteiger partial charge in [0.25, 0.3) is 11.5 Å². The van der Waals surface area contributed by atoms with Crippen molar-refractivity contribution < 1.29 is 4.79 Å². The zero-order valence-electron chi connectivity index (χ0n) is 18.1. The number of likely N-dealkylation sites (tertiary alicyclic amines) is 1. The second kappa shape index (κ2) is 7.65. The van der Waals surface area contributed by atoms with Crippen LogP contribution < -0.4 is 5.56 Å². The summed E-state index contributed by atoms with van der Waals surface area (Å²) in [5.41, 5.74) is 3.03. The first-order chi connectivity index (χ1) is 15.5. The quantitative estimate of drug-likeness (QED) is 0.492. The lowest BCUT2D eigenvalue weighted by atomic mass is 9.98. The molecule has 0 atom stereocenters. The Hall–Kier alpha value is -3.92. The number of fused-ring (bicyclic) bond motifs is 3. The van der Waals surface area contributed by atoms with Crippen molar-refractivity contribution in [1.82, 2.24) is 19.2 Å². The molecule has 1 aliphatic heterocycles. The van der Waals surface area contributed by atoms with Gasteiger partial charge in [-0.15, -0.1) is 0 Å². The summed E-state index contributed by atoms with van der Waals surface area (Å²) < 4.78 is 3.17. The Morgan fingerprint density at radius 3 is 2.47 bits per heavy atom. The van der Waals surface area contributed by atoms with E-state index in [2.05, 4.69) is 11.2 Å². The highest BCUT2D eigenvalue weighted by atomic mass is 16.2. The largest absolute Gasteiger partial charge is 0.339 e. The van der Waals surface area contributed by atoms with E-state index < -0.39 is 0 Å². The van der Waals surface area contributed by atoms with Gasteiger partial charge in [-0.1, -0.05) is 35.9 Å². The van der Waals surface area contributed by atoms with Crippen LogP contribution in [-0.2, 0) is 7.05 Å². The lowest BCUT2D eigenvalue weighted by Crippen LogP contribution is -2.39. The number of hydrogen-bond acceptors (Lipinski definition) is 4. The third-order valence-electron chi connectivity index (χ3n) is 6.38. The fraction of sp³-hybridized carbons (Fsp3) is 0.280. The maximum atomic E-state index is 13.7. The van der Waals surface area contributed by atoms with E-state index in [0.717, 1.165) is 16.5 Å². The molecule has 5 rings (SSSR count). The number of carbonyl (C=O) groups excluding carboxylic acids is 1. The standard InChI is InChI=1S/C25H23N5O2/c1-16-7-9-18(10-8-16)30-25(32)23-21(19-5-3-4-6-20(19)28(23)2)22(27-30)24(31)29-13-11-17(15-26)12-14-29/h3-10,17H,11-14H2,1-2H3. The molecule has 1 saturated heterocycles. The number of amides is 1. The number of hydrogen-bond donors (Lipinski definition) is 0. The van der Waals surface area contributed by atoms with Crippen molar-refractivity contribution in [3.8, 4) is 11.8 Å². The van der Waals surface area contributed by atoms with Gasteiger partial charge in [-0.2, -0.15) is 15.0 Å². The van der Waals surface area contributed by atoms with Crippen LogP contribution in [-0.4, -0.2) is 38.2 Å². The van der Waals surface area contributed by atoms with Crippen molar-refractivity contribution >= 4 is 27.7 Å².